The summed E-state index contributed by atoms with van der Waals surface area (Å²) in [5.41, 5.74) is 4.58. The standard InChI is InChI=1S/C28H28N4O4/c1-31(2)28(35)32(3)17-18-10-13-21(14-11-18)29-25(19-8-6-5-7-9-19)24-22-15-12-20(27(34)36-4)16-23(22)30-26(24)33/h5-16,30,33H,17H2,1-4H3. The van der Waals surface area contributed by atoms with E-state index in [2.05, 4.69) is 4.98 Å². The minimum absolute atomic E-state index is 0.0462. The Kier molecular flexibility index (Phi) is 7.05. The molecule has 0 aliphatic rings. The van der Waals surface area contributed by atoms with Crippen molar-refractivity contribution < 1.29 is 19.4 Å². The number of aliphatic imine (C=N–C) groups is 1. The van der Waals surface area contributed by atoms with Crippen molar-refractivity contribution in [3.05, 3.63) is 95.1 Å². The number of fused-ring (bicyclic) bond motifs is 1. The molecule has 0 fully saturated rings. The topological polar surface area (TPSA) is 98.2 Å². The van der Waals surface area contributed by atoms with E-state index in [1.165, 1.54) is 12.0 Å². The number of aromatic hydroxyl groups is 1. The molecule has 0 saturated carbocycles. The summed E-state index contributed by atoms with van der Waals surface area (Å²) >= 11 is 0. The molecule has 2 N–H and O–H groups in total. The number of urea groups is 1. The third-order valence-electron chi connectivity index (χ3n) is 5.79. The van der Waals surface area contributed by atoms with Gasteiger partial charge in [0.05, 0.1) is 29.6 Å². The van der Waals surface area contributed by atoms with Gasteiger partial charge in [-0.05, 0) is 29.8 Å². The zero-order valence-corrected chi connectivity index (χ0v) is 20.6. The molecule has 0 aliphatic carbocycles. The fourth-order valence-corrected chi connectivity index (χ4v) is 4.02. The Labute approximate surface area is 209 Å². The predicted octanol–water partition coefficient (Wildman–Crippen LogP) is 4.94. The minimum atomic E-state index is -0.456. The second-order valence-corrected chi connectivity index (χ2v) is 8.63. The van der Waals surface area contributed by atoms with Gasteiger partial charge in [0.15, 0.2) is 5.88 Å². The maximum atomic E-state index is 12.1. The first kappa shape index (κ1) is 24.5. The number of hydrogen-bond donors (Lipinski definition) is 2. The number of rotatable bonds is 6. The first-order chi connectivity index (χ1) is 17.3. The molecule has 0 bridgehead atoms. The number of hydrogen-bond acceptors (Lipinski definition) is 5. The predicted molar refractivity (Wildman–Crippen MR) is 140 cm³/mol. The number of aromatic nitrogens is 1. The van der Waals surface area contributed by atoms with Gasteiger partial charge in [-0.15, -0.1) is 0 Å². The van der Waals surface area contributed by atoms with Crippen LogP contribution in [0, 0.1) is 0 Å². The lowest BCUT2D eigenvalue weighted by molar-refractivity contribution is 0.0601. The van der Waals surface area contributed by atoms with Crippen molar-refractivity contribution in [1.82, 2.24) is 14.8 Å². The molecule has 0 atom stereocenters. The van der Waals surface area contributed by atoms with Gasteiger partial charge >= 0.3 is 12.0 Å². The molecule has 184 valence electrons. The Morgan fingerprint density at radius 1 is 0.944 bits per heavy atom. The molecule has 8 heteroatoms. The van der Waals surface area contributed by atoms with Gasteiger partial charge in [0.2, 0.25) is 0 Å². The average molecular weight is 485 g/mol. The molecule has 2 amide bonds. The summed E-state index contributed by atoms with van der Waals surface area (Å²) in [5, 5.41) is 11.6. The quantitative estimate of drug-likeness (QED) is 0.299. The van der Waals surface area contributed by atoms with Gasteiger partial charge in [0.1, 0.15) is 0 Å². The van der Waals surface area contributed by atoms with Gasteiger partial charge in [0.25, 0.3) is 0 Å². The number of carbonyl (C=O) groups is 2. The van der Waals surface area contributed by atoms with Crippen LogP contribution in [0.5, 0.6) is 5.88 Å². The summed E-state index contributed by atoms with van der Waals surface area (Å²) in [7, 11) is 6.53. The molecule has 0 spiro atoms. The highest BCUT2D eigenvalue weighted by atomic mass is 16.5. The van der Waals surface area contributed by atoms with Crippen molar-refractivity contribution >= 4 is 34.3 Å². The molecule has 0 aliphatic heterocycles. The van der Waals surface area contributed by atoms with E-state index >= 15 is 0 Å². The van der Waals surface area contributed by atoms with E-state index < -0.39 is 5.97 Å². The maximum absolute atomic E-state index is 12.1. The summed E-state index contributed by atoms with van der Waals surface area (Å²) in [4.78, 5) is 35.1. The van der Waals surface area contributed by atoms with Crippen LogP contribution in [-0.2, 0) is 11.3 Å². The van der Waals surface area contributed by atoms with Crippen LogP contribution in [0.4, 0.5) is 10.5 Å². The Hall–Kier alpha value is -4.59. The molecule has 36 heavy (non-hydrogen) atoms. The van der Waals surface area contributed by atoms with E-state index in [0.717, 1.165) is 16.5 Å². The highest BCUT2D eigenvalue weighted by Gasteiger charge is 2.20. The molecule has 0 saturated heterocycles. The Bertz CT molecular complexity index is 1420. The molecular formula is C28H28N4O4. The molecule has 4 aromatic rings. The van der Waals surface area contributed by atoms with Crippen LogP contribution in [-0.4, -0.2) is 65.9 Å². The summed E-state index contributed by atoms with van der Waals surface area (Å²) < 4.78 is 4.81. The summed E-state index contributed by atoms with van der Waals surface area (Å²) in [6.45, 7) is 0.471. The van der Waals surface area contributed by atoms with Crippen molar-refractivity contribution in [1.29, 1.82) is 0 Å². The minimum Gasteiger partial charge on any atom is -0.494 e. The lowest BCUT2D eigenvalue weighted by Crippen LogP contribution is -2.35. The van der Waals surface area contributed by atoms with Crippen LogP contribution in [0.3, 0.4) is 0 Å². The smallest absolute Gasteiger partial charge is 0.337 e. The van der Waals surface area contributed by atoms with Gasteiger partial charge in [0, 0.05) is 44.2 Å². The second-order valence-electron chi connectivity index (χ2n) is 8.63. The summed E-state index contributed by atoms with van der Waals surface area (Å²) in [6.07, 6.45) is 0. The van der Waals surface area contributed by atoms with Gasteiger partial charge in [-0.3, -0.25) is 0 Å². The summed E-state index contributed by atoms with van der Waals surface area (Å²) in [6, 6.07) is 22.2. The Morgan fingerprint density at radius 2 is 1.64 bits per heavy atom. The van der Waals surface area contributed by atoms with E-state index in [9.17, 15) is 14.7 Å². The zero-order valence-electron chi connectivity index (χ0n) is 20.6. The van der Waals surface area contributed by atoms with Gasteiger partial charge in [-0.25, -0.2) is 14.6 Å². The molecular weight excluding hydrogens is 456 g/mol. The number of benzene rings is 3. The number of methoxy groups -OCH3 is 1. The van der Waals surface area contributed by atoms with Crippen LogP contribution >= 0.6 is 0 Å². The van der Waals surface area contributed by atoms with E-state index in [0.29, 0.717) is 34.6 Å². The van der Waals surface area contributed by atoms with E-state index in [1.54, 1.807) is 44.2 Å². The maximum Gasteiger partial charge on any atom is 0.337 e. The highest BCUT2D eigenvalue weighted by Crippen LogP contribution is 2.32. The average Bonchev–Trinajstić information content (AvgIpc) is 3.22. The number of nitrogens with zero attached hydrogens (tertiary/aromatic N) is 3. The molecule has 0 unspecified atom stereocenters. The number of amides is 2. The fourth-order valence-electron chi connectivity index (χ4n) is 4.02. The van der Waals surface area contributed by atoms with Crippen LogP contribution < -0.4 is 0 Å². The Balaban J connectivity index is 1.75. The first-order valence-electron chi connectivity index (χ1n) is 11.4. The number of ether oxygens (including phenoxy) is 1. The van der Waals surface area contributed by atoms with E-state index in [-0.39, 0.29) is 11.9 Å². The number of esters is 1. The molecule has 0 radical (unpaired) electrons. The molecule has 4 rings (SSSR count). The zero-order chi connectivity index (χ0) is 25.8. The van der Waals surface area contributed by atoms with Crippen molar-refractivity contribution in [2.24, 2.45) is 4.99 Å². The monoisotopic (exact) mass is 484 g/mol. The van der Waals surface area contributed by atoms with Crippen LogP contribution in [0.1, 0.15) is 27.0 Å². The number of H-pyrrole nitrogens is 1. The number of carbonyl (C=O) groups excluding carboxylic acids is 2. The SMILES string of the molecule is COC(=O)c1ccc2c(C(=Nc3ccc(CN(C)C(=O)N(C)C)cc3)c3ccccc3)c(O)[nH]c2c1. The van der Waals surface area contributed by atoms with Crippen molar-refractivity contribution in [3.63, 3.8) is 0 Å². The normalized spacial score (nSPS) is 11.4. The van der Waals surface area contributed by atoms with Crippen LogP contribution in [0.2, 0.25) is 0 Å². The van der Waals surface area contributed by atoms with Gasteiger partial charge in [-0.2, -0.15) is 0 Å². The number of aromatic amines is 1. The van der Waals surface area contributed by atoms with Crippen molar-refractivity contribution in [2.45, 2.75) is 6.54 Å². The van der Waals surface area contributed by atoms with E-state index in [1.807, 2.05) is 54.6 Å². The van der Waals surface area contributed by atoms with Crippen molar-refractivity contribution in [2.75, 3.05) is 28.3 Å². The largest absolute Gasteiger partial charge is 0.494 e. The third-order valence-corrected chi connectivity index (χ3v) is 5.79. The summed E-state index contributed by atoms with van der Waals surface area (Å²) in [5.74, 6) is -0.502. The Morgan fingerprint density at radius 3 is 2.28 bits per heavy atom. The second kappa shape index (κ2) is 10.4. The highest BCUT2D eigenvalue weighted by molar-refractivity contribution is 6.22. The molecule has 1 aromatic heterocycles. The lowest BCUT2D eigenvalue weighted by atomic mass is 10.00. The van der Waals surface area contributed by atoms with Crippen LogP contribution in [0.25, 0.3) is 10.9 Å². The van der Waals surface area contributed by atoms with Crippen LogP contribution in [0.15, 0.2) is 77.8 Å². The fraction of sp³-hybridized carbons (Fsp3) is 0.179. The van der Waals surface area contributed by atoms with Crippen molar-refractivity contribution in [3.8, 4) is 5.88 Å². The molecule has 1 heterocycles. The van der Waals surface area contributed by atoms with Gasteiger partial charge < -0.3 is 24.6 Å². The molecule has 8 nitrogen and oxygen atoms in total. The lowest BCUT2D eigenvalue weighted by Gasteiger charge is -2.21. The first-order valence-corrected chi connectivity index (χ1v) is 11.4. The molecule has 3 aromatic carbocycles. The number of nitrogens with one attached hydrogen (secondary N) is 1. The third kappa shape index (κ3) is 5.07. The van der Waals surface area contributed by atoms with E-state index in [4.69, 9.17) is 9.73 Å². The van der Waals surface area contributed by atoms with Gasteiger partial charge in [-0.1, -0.05) is 48.5 Å².